The quantitative estimate of drug-likeness (QED) is 0.451. The average molecular weight is 431 g/mol. The second-order valence-electron chi connectivity index (χ2n) is 5.45. The van der Waals surface area contributed by atoms with Crippen LogP contribution in [0.5, 0.6) is 0 Å². The van der Waals surface area contributed by atoms with Gasteiger partial charge in [0.2, 0.25) is 0 Å². The van der Waals surface area contributed by atoms with E-state index >= 15 is 0 Å². The first-order valence-electron chi connectivity index (χ1n) is 7.49. The Bertz CT molecular complexity index is 695. The number of anilines is 1. The van der Waals surface area contributed by atoms with Crippen LogP contribution in [0.4, 0.5) is 5.69 Å². The van der Waals surface area contributed by atoms with Crippen LogP contribution in [0.15, 0.2) is 87.8 Å². The lowest BCUT2D eigenvalue weighted by molar-refractivity contribution is 0.799. The van der Waals surface area contributed by atoms with Gasteiger partial charge in [-0.2, -0.15) is 0 Å². The molecule has 0 spiro atoms. The van der Waals surface area contributed by atoms with E-state index in [4.69, 9.17) is 0 Å². The zero-order chi connectivity index (χ0) is 16.1. The van der Waals surface area contributed by atoms with Crippen molar-refractivity contribution in [2.75, 3.05) is 4.90 Å². The van der Waals surface area contributed by atoms with Gasteiger partial charge in [-0.15, -0.1) is 0 Å². The standard InChI is InChI=1S/C20H17Br2N/c21-18-11-19(22)13-20(12-18)23(14-16-7-3-1-4-8-16)15-17-9-5-2-6-10-17/h1-13H,14-15H2. The van der Waals surface area contributed by atoms with Crippen molar-refractivity contribution < 1.29 is 0 Å². The molecule has 0 aliphatic heterocycles. The zero-order valence-corrected chi connectivity index (χ0v) is 15.8. The van der Waals surface area contributed by atoms with Crippen LogP contribution >= 0.6 is 31.9 Å². The highest BCUT2D eigenvalue weighted by atomic mass is 79.9. The van der Waals surface area contributed by atoms with Crippen LogP contribution in [0.1, 0.15) is 11.1 Å². The third-order valence-electron chi connectivity index (χ3n) is 3.64. The van der Waals surface area contributed by atoms with E-state index < -0.39 is 0 Å². The molecule has 3 heteroatoms. The molecule has 0 fully saturated rings. The first kappa shape index (κ1) is 16.3. The largest absolute Gasteiger partial charge is 0.363 e. The summed E-state index contributed by atoms with van der Waals surface area (Å²) in [5, 5.41) is 0. The maximum absolute atomic E-state index is 3.60. The highest BCUT2D eigenvalue weighted by Gasteiger charge is 2.10. The van der Waals surface area contributed by atoms with Crippen molar-refractivity contribution >= 4 is 37.5 Å². The van der Waals surface area contributed by atoms with Gasteiger partial charge < -0.3 is 4.90 Å². The van der Waals surface area contributed by atoms with E-state index in [1.807, 2.05) is 0 Å². The maximum atomic E-state index is 3.60. The molecular weight excluding hydrogens is 414 g/mol. The first-order chi connectivity index (χ1) is 11.2. The van der Waals surface area contributed by atoms with Crippen LogP contribution < -0.4 is 4.90 Å². The van der Waals surface area contributed by atoms with E-state index in [-0.39, 0.29) is 0 Å². The van der Waals surface area contributed by atoms with E-state index in [1.54, 1.807) is 0 Å². The summed E-state index contributed by atoms with van der Waals surface area (Å²) in [5.41, 5.74) is 3.80. The number of halogens is 2. The van der Waals surface area contributed by atoms with Crippen LogP contribution in [0.3, 0.4) is 0 Å². The van der Waals surface area contributed by atoms with Crippen molar-refractivity contribution in [1.82, 2.24) is 0 Å². The molecule has 0 aliphatic carbocycles. The lowest BCUT2D eigenvalue weighted by Gasteiger charge is -2.26. The fourth-order valence-electron chi connectivity index (χ4n) is 2.57. The van der Waals surface area contributed by atoms with Gasteiger partial charge in [-0.3, -0.25) is 0 Å². The van der Waals surface area contributed by atoms with Crippen LogP contribution in [-0.4, -0.2) is 0 Å². The van der Waals surface area contributed by atoms with Crippen molar-refractivity contribution in [3.63, 3.8) is 0 Å². The molecule has 0 aliphatic rings. The summed E-state index contributed by atoms with van der Waals surface area (Å²) in [5.74, 6) is 0. The molecule has 0 saturated heterocycles. The van der Waals surface area contributed by atoms with E-state index in [1.165, 1.54) is 16.8 Å². The van der Waals surface area contributed by atoms with Gasteiger partial charge in [0.05, 0.1) is 0 Å². The third kappa shape index (κ3) is 4.69. The summed E-state index contributed by atoms with van der Waals surface area (Å²) < 4.78 is 2.15. The Balaban J connectivity index is 1.92. The van der Waals surface area contributed by atoms with Gasteiger partial charge in [-0.1, -0.05) is 92.5 Å². The number of hydrogen-bond donors (Lipinski definition) is 0. The minimum Gasteiger partial charge on any atom is -0.363 e. The molecule has 0 amide bonds. The van der Waals surface area contributed by atoms with Gasteiger partial charge in [0.25, 0.3) is 0 Å². The molecule has 0 unspecified atom stereocenters. The maximum Gasteiger partial charge on any atom is 0.0433 e. The van der Waals surface area contributed by atoms with Gasteiger partial charge in [0, 0.05) is 27.7 Å². The van der Waals surface area contributed by atoms with Gasteiger partial charge in [0.1, 0.15) is 0 Å². The summed E-state index contributed by atoms with van der Waals surface area (Å²) >= 11 is 7.19. The monoisotopic (exact) mass is 429 g/mol. The van der Waals surface area contributed by atoms with Crippen molar-refractivity contribution in [2.45, 2.75) is 13.1 Å². The Morgan fingerprint density at radius 3 is 1.48 bits per heavy atom. The highest BCUT2D eigenvalue weighted by Crippen LogP contribution is 2.28. The van der Waals surface area contributed by atoms with E-state index in [9.17, 15) is 0 Å². The Hall–Kier alpha value is -1.58. The molecule has 3 aromatic carbocycles. The van der Waals surface area contributed by atoms with Crippen molar-refractivity contribution in [2.24, 2.45) is 0 Å². The first-order valence-corrected chi connectivity index (χ1v) is 9.08. The third-order valence-corrected chi connectivity index (χ3v) is 4.56. The summed E-state index contributed by atoms with van der Waals surface area (Å²) in [4.78, 5) is 2.39. The van der Waals surface area contributed by atoms with E-state index in [2.05, 4.69) is 116 Å². The summed E-state index contributed by atoms with van der Waals surface area (Å²) in [7, 11) is 0. The molecule has 0 heterocycles. The van der Waals surface area contributed by atoms with Crippen LogP contribution in [-0.2, 0) is 13.1 Å². The molecular formula is C20H17Br2N. The topological polar surface area (TPSA) is 3.24 Å². The average Bonchev–Trinajstić information content (AvgIpc) is 2.55. The predicted molar refractivity (Wildman–Crippen MR) is 105 cm³/mol. The Labute approximate surface area is 154 Å². The minimum atomic E-state index is 0.874. The zero-order valence-electron chi connectivity index (χ0n) is 12.6. The van der Waals surface area contributed by atoms with Crippen LogP contribution in [0.2, 0.25) is 0 Å². The van der Waals surface area contributed by atoms with Crippen molar-refractivity contribution in [3.8, 4) is 0 Å². The SMILES string of the molecule is Brc1cc(Br)cc(N(Cc2ccccc2)Cc2ccccc2)c1. The smallest absolute Gasteiger partial charge is 0.0433 e. The molecule has 0 saturated carbocycles. The highest BCUT2D eigenvalue weighted by molar-refractivity contribution is 9.11. The lowest BCUT2D eigenvalue weighted by Crippen LogP contribution is -2.22. The number of benzene rings is 3. The van der Waals surface area contributed by atoms with Gasteiger partial charge >= 0.3 is 0 Å². The normalized spacial score (nSPS) is 10.5. The number of rotatable bonds is 5. The number of hydrogen-bond acceptors (Lipinski definition) is 1. The molecule has 0 radical (unpaired) electrons. The molecule has 0 bridgehead atoms. The Kier molecular flexibility index (Phi) is 5.52. The summed E-state index contributed by atoms with van der Waals surface area (Å²) in [6.07, 6.45) is 0. The van der Waals surface area contributed by atoms with Crippen LogP contribution in [0, 0.1) is 0 Å². The molecule has 0 atom stereocenters. The molecule has 0 aromatic heterocycles. The van der Waals surface area contributed by atoms with Crippen molar-refractivity contribution in [3.05, 3.63) is 98.9 Å². The Morgan fingerprint density at radius 1 is 0.609 bits per heavy atom. The molecule has 1 nitrogen and oxygen atoms in total. The lowest BCUT2D eigenvalue weighted by atomic mass is 10.1. The minimum absolute atomic E-state index is 0.874. The second-order valence-corrected chi connectivity index (χ2v) is 7.29. The number of nitrogens with zero attached hydrogens (tertiary/aromatic N) is 1. The molecule has 3 rings (SSSR count). The van der Waals surface area contributed by atoms with Gasteiger partial charge in [-0.05, 0) is 29.3 Å². The van der Waals surface area contributed by atoms with Crippen molar-refractivity contribution in [1.29, 1.82) is 0 Å². The van der Waals surface area contributed by atoms with Gasteiger partial charge in [-0.25, -0.2) is 0 Å². The van der Waals surface area contributed by atoms with E-state index in [0.29, 0.717) is 0 Å². The van der Waals surface area contributed by atoms with Gasteiger partial charge in [0.15, 0.2) is 0 Å². The van der Waals surface area contributed by atoms with Crippen LogP contribution in [0.25, 0.3) is 0 Å². The molecule has 116 valence electrons. The molecule has 0 N–H and O–H groups in total. The fraction of sp³-hybridized carbons (Fsp3) is 0.100. The summed E-state index contributed by atoms with van der Waals surface area (Å²) in [6, 6.07) is 27.5. The summed E-state index contributed by atoms with van der Waals surface area (Å²) in [6.45, 7) is 1.75. The second kappa shape index (κ2) is 7.80. The predicted octanol–water partition coefficient (Wildman–Crippen LogP) is 6.42. The molecule has 3 aromatic rings. The molecule has 23 heavy (non-hydrogen) atoms. The fourth-order valence-corrected chi connectivity index (χ4v) is 3.84. The van der Waals surface area contributed by atoms with E-state index in [0.717, 1.165) is 22.0 Å². The Morgan fingerprint density at radius 2 is 1.04 bits per heavy atom.